The molecule has 1 aliphatic rings. The molecule has 7 heteroatoms. The molecule has 0 aliphatic carbocycles. The van der Waals surface area contributed by atoms with Gasteiger partial charge in [-0.25, -0.2) is 9.97 Å². The largest absolute Gasteiger partial charge is 0.487 e. The van der Waals surface area contributed by atoms with Gasteiger partial charge < -0.3 is 15.0 Å². The maximum absolute atomic E-state index is 12.7. The number of aromatic amines is 1. The molecule has 156 valence electrons. The highest BCUT2D eigenvalue weighted by atomic mass is 35.5. The lowest BCUT2D eigenvalue weighted by Crippen LogP contribution is -2.35. The van der Waals surface area contributed by atoms with Gasteiger partial charge in [0.2, 0.25) is 5.91 Å². The predicted octanol–water partition coefficient (Wildman–Crippen LogP) is 4.25. The Balaban J connectivity index is 1.27. The molecule has 0 radical (unpaired) electrons. The quantitative estimate of drug-likeness (QED) is 0.494. The van der Waals surface area contributed by atoms with Gasteiger partial charge in [0, 0.05) is 46.0 Å². The van der Waals surface area contributed by atoms with E-state index >= 15 is 0 Å². The fraction of sp³-hybridized carbons (Fsp3) is 0.208. The van der Waals surface area contributed by atoms with Crippen LogP contribution in [0, 0.1) is 6.92 Å². The zero-order valence-corrected chi connectivity index (χ0v) is 17.7. The SMILES string of the molecule is Cc1[nH]c2ccccc2c1CC(=O)NCC1Cc2cc(Cl)cc(-c3ncccn3)c2O1. The highest BCUT2D eigenvalue weighted by molar-refractivity contribution is 6.31. The van der Waals surface area contributed by atoms with Crippen molar-refractivity contribution in [1.29, 1.82) is 0 Å². The minimum absolute atomic E-state index is 0.0305. The molecule has 4 aromatic rings. The number of rotatable bonds is 5. The lowest BCUT2D eigenvalue weighted by atomic mass is 10.1. The number of hydrogen-bond donors (Lipinski definition) is 2. The van der Waals surface area contributed by atoms with E-state index in [1.54, 1.807) is 18.5 Å². The predicted molar refractivity (Wildman–Crippen MR) is 120 cm³/mol. The Morgan fingerprint density at radius 3 is 2.87 bits per heavy atom. The van der Waals surface area contributed by atoms with Gasteiger partial charge in [0.15, 0.2) is 5.82 Å². The van der Waals surface area contributed by atoms with Gasteiger partial charge in [-0.05, 0) is 36.8 Å². The minimum atomic E-state index is -0.163. The number of aromatic nitrogens is 3. The Morgan fingerprint density at radius 1 is 1.23 bits per heavy atom. The van der Waals surface area contributed by atoms with E-state index in [-0.39, 0.29) is 12.0 Å². The van der Waals surface area contributed by atoms with Crippen molar-refractivity contribution in [2.75, 3.05) is 6.54 Å². The van der Waals surface area contributed by atoms with E-state index in [2.05, 4.69) is 20.3 Å². The molecule has 3 heterocycles. The van der Waals surface area contributed by atoms with Gasteiger partial charge in [-0.15, -0.1) is 0 Å². The number of halogens is 1. The van der Waals surface area contributed by atoms with E-state index in [0.29, 0.717) is 30.2 Å². The fourth-order valence-electron chi connectivity index (χ4n) is 4.13. The topological polar surface area (TPSA) is 79.9 Å². The zero-order valence-electron chi connectivity index (χ0n) is 17.0. The Hall–Kier alpha value is -3.38. The van der Waals surface area contributed by atoms with Crippen LogP contribution in [-0.2, 0) is 17.6 Å². The second-order valence-corrected chi connectivity index (χ2v) is 8.15. The third-order valence-electron chi connectivity index (χ3n) is 5.56. The number of aryl methyl sites for hydroxylation is 1. The third-order valence-corrected chi connectivity index (χ3v) is 5.78. The molecule has 1 atom stereocenters. The van der Waals surface area contributed by atoms with Crippen molar-refractivity contribution in [3.8, 4) is 17.1 Å². The van der Waals surface area contributed by atoms with E-state index in [9.17, 15) is 4.79 Å². The number of amides is 1. The molecule has 31 heavy (non-hydrogen) atoms. The molecule has 5 rings (SSSR count). The molecular weight excluding hydrogens is 412 g/mol. The zero-order chi connectivity index (χ0) is 21.4. The van der Waals surface area contributed by atoms with Gasteiger partial charge in [0.1, 0.15) is 11.9 Å². The highest BCUT2D eigenvalue weighted by Crippen LogP contribution is 2.39. The lowest BCUT2D eigenvalue weighted by Gasteiger charge is -2.13. The van der Waals surface area contributed by atoms with E-state index < -0.39 is 0 Å². The summed E-state index contributed by atoms with van der Waals surface area (Å²) in [6.45, 7) is 2.41. The number of ether oxygens (including phenoxy) is 1. The van der Waals surface area contributed by atoms with Crippen LogP contribution < -0.4 is 10.1 Å². The summed E-state index contributed by atoms with van der Waals surface area (Å²) in [6.07, 6.45) is 4.21. The van der Waals surface area contributed by atoms with Gasteiger partial charge in [-0.1, -0.05) is 29.8 Å². The van der Waals surface area contributed by atoms with E-state index in [0.717, 1.165) is 39.0 Å². The van der Waals surface area contributed by atoms with E-state index in [1.807, 2.05) is 43.3 Å². The minimum Gasteiger partial charge on any atom is -0.487 e. The van der Waals surface area contributed by atoms with E-state index in [1.165, 1.54) is 0 Å². The van der Waals surface area contributed by atoms with Gasteiger partial charge >= 0.3 is 0 Å². The summed E-state index contributed by atoms with van der Waals surface area (Å²) in [7, 11) is 0. The Labute approximate surface area is 184 Å². The number of benzene rings is 2. The van der Waals surface area contributed by atoms with Crippen molar-refractivity contribution in [3.05, 3.63) is 76.7 Å². The molecule has 1 unspecified atom stereocenters. The molecule has 1 amide bonds. The molecule has 2 aromatic heterocycles. The molecule has 6 nitrogen and oxygen atoms in total. The van der Waals surface area contributed by atoms with Crippen LogP contribution in [-0.4, -0.2) is 33.5 Å². The Kier molecular flexibility index (Phi) is 5.08. The van der Waals surface area contributed by atoms with Gasteiger partial charge in [-0.2, -0.15) is 0 Å². The maximum Gasteiger partial charge on any atom is 0.224 e. The number of nitrogens with one attached hydrogen (secondary N) is 2. The van der Waals surface area contributed by atoms with Crippen molar-refractivity contribution < 1.29 is 9.53 Å². The van der Waals surface area contributed by atoms with Crippen LogP contribution in [0.4, 0.5) is 0 Å². The molecule has 0 bridgehead atoms. The normalized spacial score (nSPS) is 15.0. The first-order valence-electron chi connectivity index (χ1n) is 10.2. The first-order chi connectivity index (χ1) is 15.1. The Bertz CT molecular complexity index is 1270. The molecule has 0 saturated heterocycles. The van der Waals surface area contributed by atoms with Crippen LogP contribution >= 0.6 is 11.6 Å². The van der Waals surface area contributed by atoms with Crippen molar-refractivity contribution in [2.45, 2.75) is 25.9 Å². The fourth-order valence-corrected chi connectivity index (χ4v) is 4.37. The summed E-state index contributed by atoms with van der Waals surface area (Å²) >= 11 is 6.31. The van der Waals surface area contributed by atoms with Crippen molar-refractivity contribution in [2.24, 2.45) is 0 Å². The molecule has 1 aliphatic heterocycles. The van der Waals surface area contributed by atoms with E-state index in [4.69, 9.17) is 16.3 Å². The Morgan fingerprint density at radius 2 is 2.03 bits per heavy atom. The van der Waals surface area contributed by atoms with Crippen LogP contribution in [0.2, 0.25) is 5.02 Å². The molecular formula is C24H21ClN4O2. The average Bonchev–Trinajstić information content (AvgIpc) is 3.32. The van der Waals surface area contributed by atoms with Crippen molar-refractivity contribution in [1.82, 2.24) is 20.3 Å². The first kappa shape index (κ1) is 19.6. The standard InChI is InChI=1S/C24H21ClN4O2/c1-14-19(18-5-2-3-6-21(18)29-14)12-22(30)28-13-17-10-15-9-16(25)11-20(23(15)31-17)24-26-7-4-8-27-24/h2-9,11,17,29H,10,12-13H2,1H3,(H,28,30). The van der Waals surface area contributed by atoms with Gasteiger partial charge in [0.05, 0.1) is 18.5 Å². The summed E-state index contributed by atoms with van der Waals surface area (Å²) < 4.78 is 6.17. The van der Waals surface area contributed by atoms with Gasteiger partial charge in [0.25, 0.3) is 0 Å². The van der Waals surface area contributed by atoms with Crippen LogP contribution in [0.15, 0.2) is 54.9 Å². The second-order valence-electron chi connectivity index (χ2n) is 7.71. The van der Waals surface area contributed by atoms with Crippen molar-refractivity contribution in [3.63, 3.8) is 0 Å². The number of carbonyl (C=O) groups excluding carboxylic acids is 1. The summed E-state index contributed by atoms with van der Waals surface area (Å²) in [5.41, 5.74) is 4.86. The first-order valence-corrected chi connectivity index (χ1v) is 10.6. The summed E-state index contributed by atoms with van der Waals surface area (Å²) in [5.74, 6) is 1.28. The van der Waals surface area contributed by atoms with Crippen LogP contribution in [0.1, 0.15) is 16.8 Å². The highest BCUT2D eigenvalue weighted by Gasteiger charge is 2.28. The smallest absolute Gasteiger partial charge is 0.224 e. The van der Waals surface area contributed by atoms with Gasteiger partial charge in [-0.3, -0.25) is 4.79 Å². The molecule has 2 N–H and O–H groups in total. The summed E-state index contributed by atoms with van der Waals surface area (Å²) in [4.78, 5) is 24.6. The molecule has 0 fully saturated rings. The van der Waals surface area contributed by atoms with Crippen molar-refractivity contribution >= 4 is 28.4 Å². The number of carbonyl (C=O) groups is 1. The molecule has 0 saturated carbocycles. The summed E-state index contributed by atoms with van der Waals surface area (Å²) in [5, 5.41) is 4.72. The van der Waals surface area contributed by atoms with Crippen LogP contribution in [0.5, 0.6) is 5.75 Å². The monoisotopic (exact) mass is 432 g/mol. The number of nitrogens with zero attached hydrogens (tertiary/aromatic N) is 2. The lowest BCUT2D eigenvalue weighted by molar-refractivity contribution is -0.120. The number of H-pyrrole nitrogens is 1. The third kappa shape index (κ3) is 3.86. The number of fused-ring (bicyclic) bond motifs is 2. The van der Waals surface area contributed by atoms with Crippen LogP contribution in [0.3, 0.4) is 0 Å². The number of hydrogen-bond acceptors (Lipinski definition) is 4. The molecule has 0 spiro atoms. The summed E-state index contributed by atoms with van der Waals surface area (Å²) in [6, 6.07) is 13.5. The second kappa shape index (κ2) is 8.04. The maximum atomic E-state index is 12.7. The average molecular weight is 433 g/mol. The number of para-hydroxylation sites is 1. The molecule has 2 aromatic carbocycles. The van der Waals surface area contributed by atoms with Crippen LogP contribution in [0.25, 0.3) is 22.3 Å².